The molecule has 32 heavy (non-hydrogen) atoms. The Labute approximate surface area is 188 Å². The minimum absolute atomic E-state index is 0.0538. The number of hydrogen-bond donors (Lipinski definition) is 1. The summed E-state index contributed by atoms with van der Waals surface area (Å²) in [5.74, 6) is 1.49. The molecule has 3 aromatic rings. The van der Waals surface area contributed by atoms with Crippen LogP contribution in [0.15, 0.2) is 17.2 Å². The van der Waals surface area contributed by atoms with E-state index in [4.69, 9.17) is 4.98 Å². The lowest BCUT2D eigenvalue weighted by Crippen LogP contribution is -2.22. The van der Waals surface area contributed by atoms with Crippen LogP contribution in [0.2, 0.25) is 0 Å². The Bertz CT molecular complexity index is 1170. The number of fused-ring (bicyclic) bond motifs is 2. The molecule has 3 aromatic heterocycles. The van der Waals surface area contributed by atoms with Gasteiger partial charge in [0.1, 0.15) is 11.2 Å². The predicted octanol–water partition coefficient (Wildman–Crippen LogP) is 3.39. The molecule has 0 radical (unpaired) electrons. The van der Waals surface area contributed by atoms with Gasteiger partial charge >= 0.3 is 0 Å². The van der Waals surface area contributed by atoms with Crippen LogP contribution in [0.4, 0.5) is 0 Å². The minimum Gasteiger partial charge on any atom is -0.310 e. The first-order chi connectivity index (χ1) is 15.7. The van der Waals surface area contributed by atoms with E-state index in [1.165, 1.54) is 43.4 Å². The number of nitrogens with one attached hydrogen (secondary N) is 1. The number of H-pyrrole nitrogens is 1. The highest BCUT2D eigenvalue weighted by atomic mass is 16.1. The topological polar surface area (TPSA) is 84.6 Å². The first-order valence-corrected chi connectivity index (χ1v) is 12.4. The van der Waals surface area contributed by atoms with Crippen molar-refractivity contribution >= 4 is 11.0 Å². The van der Waals surface area contributed by atoms with E-state index in [0.29, 0.717) is 17.3 Å². The maximum Gasteiger partial charge on any atom is 0.262 e. The Balaban J connectivity index is 1.25. The highest BCUT2D eigenvalue weighted by molar-refractivity contribution is 5.73. The van der Waals surface area contributed by atoms with E-state index in [-0.39, 0.29) is 11.5 Å². The Morgan fingerprint density at radius 1 is 1.06 bits per heavy atom. The summed E-state index contributed by atoms with van der Waals surface area (Å²) in [5, 5.41) is 9.83. The van der Waals surface area contributed by atoms with Crippen molar-refractivity contribution in [2.45, 2.75) is 83.3 Å². The van der Waals surface area contributed by atoms with Gasteiger partial charge in [-0.1, -0.05) is 26.2 Å². The van der Waals surface area contributed by atoms with Crippen LogP contribution in [-0.4, -0.2) is 47.5 Å². The fourth-order valence-electron chi connectivity index (χ4n) is 6.13. The summed E-state index contributed by atoms with van der Waals surface area (Å²) in [5.41, 5.74) is 3.51. The van der Waals surface area contributed by atoms with Crippen LogP contribution in [0.1, 0.15) is 80.9 Å². The van der Waals surface area contributed by atoms with E-state index in [1.807, 2.05) is 4.68 Å². The average Bonchev–Trinajstić information content (AvgIpc) is 3.55. The lowest BCUT2D eigenvalue weighted by Gasteiger charge is -2.16. The highest BCUT2D eigenvalue weighted by Crippen LogP contribution is 2.34. The summed E-state index contributed by atoms with van der Waals surface area (Å²) in [6, 6.07) is 0.379. The molecule has 1 aliphatic carbocycles. The molecule has 0 spiro atoms. The molecule has 8 heteroatoms. The van der Waals surface area contributed by atoms with Gasteiger partial charge in [-0.2, -0.15) is 10.2 Å². The van der Waals surface area contributed by atoms with E-state index in [0.717, 1.165) is 56.9 Å². The lowest BCUT2D eigenvalue weighted by molar-refractivity contribution is 0.317. The Hall–Kier alpha value is -2.48. The van der Waals surface area contributed by atoms with Crippen molar-refractivity contribution in [3.05, 3.63) is 39.8 Å². The number of rotatable bonds is 4. The van der Waals surface area contributed by atoms with Crippen molar-refractivity contribution in [1.82, 2.24) is 34.4 Å². The van der Waals surface area contributed by atoms with Gasteiger partial charge in [0.2, 0.25) is 0 Å². The summed E-state index contributed by atoms with van der Waals surface area (Å²) in [6.45, 7) is 6.19. The molecule has 2 aliphatic heterocycles. The standard InChI is InChI=1S/C24H33N7O/c1-16-13-29(14-17-11-25-30-10-6-2-3-9-21(17)30)15-20(16)22-27-23-19(24(32)28-22)12-26-31(23)18-7-4-5-8-18/h11-12,16,18,20H,2-10,13-15H2,1H3,(H,27,28,32)/t16-,20-/m1/s1. The highest BCUT2D eigenvalue weighted by Gasteiger charge is 2.34. The predicted molar refractivity (Wildman–Crippen MR) is 123 cm³/mol. The van der Waals surface area contributed by atoms with Gasteiger partial charge in [0, 0.05) is 43.4 Å². The second-order valence-corrected chi connectivity index (χ2v) is 10.1. The largest absolute Gasteiger partial charge is 0.310 e. The van der Waals surface area contributed by atoms with E-state index in [2.05, 4.69) is 37.9 Å². The number of likely N-dealkylation sites (tertiary alicyclic amines) is 1. The summed E-state index contributed by atoms with van der Waals surface area (Å²) in [7, 11) is 0. The third-order valence-electron chi connectivity index (χ3n) is 7.90. The molecule has 0 aromatic carbocycles. The van der Waals surface area contributed by atoms with E-state index in [1.54, 1.807) is 6.20 Å². The van der Waals surface area contributed by atoms with Gasteiger partial charge in [0.25, 0.3) is 5.56 Å². The van der Waals surface area contributed by atoms with Crippen LogP contribution in [-0.2, 0) is 19.5 Å². The van der Waals surface area contributed by atoms with Crippen molar-refractivity contribution < 1.29 is 0 Å². The van der Waals surface area contributed by atoms with E-state index >= 15 is 0 Å². The van der Waals surface area contributed by atoms with Gasteiger partial charge in [0.05, 0.1) is 18.4 Å². The molecule has 170 valence electrons. The van der Waals surface area contributed by atoms with Gasteiger partial charge in [-0.25, -0.2) is 9.67 Å². The van der Waals surface area contributed by atoms with Crippen LogP contribution in [0.5, 0.6) is 0 Å². The van der Waals surface area contributed by atoms with Gasteiger partial charge in [-0.05, 0) is 38.0 Å². The van der Waals surface area contributed by atoms with Gasteiger partial charge in [-0.3, -0.25) is 14.4 Å². The van der Waals surface area contributed by atoms with Crippen LogP contribution >= 0.6 is 0 Å². The number of hydrogen-bond acceptors (Lipinski definition) is 5. The molecular weight excluding hydrogens is 402 g/mol. The number of aromatic amines is 1. The zero-order valence-electron chi connectivity index (χ0n) is 19.0. The zero-order valence-corrected chi connectivity index (χ0v) is 19.0. The minimum atomic E-state index is -0.0538. The Morgan fingerprint density at radius 3 is 2.81 bits per heavy atom. The third kappa shape index (κ3) is 3.49. The van der Waals surface area contributed by atoms with E-state index < -0.39 is 0 Å². The number of aromatic nitrogens is 6. The maximum atomic E-state index is 12.8. The average molecular weight is 436 g/mol. The molecule has 0 bridgehead atoms. The number of aryl methyl sites for hydroxylation is 1. The molecule has 8 nitrogen and oxygen atoms in total. The maximum absolute atomic E-state index is 12.8. The lowest BCUT2D eigenvalue weighted by atomic mass is 9.97. The molecule has 5 heterocycles. The van der Waals surface area contributed by atoms with Gasteiger partial charge in [-0.15, -0.1) is 0 Å². The summed E-state index contributed by atoms with van der Waals surface area (Å²) in [4.78, 5) is 23.4. The Morgan fingerprint density at radius 2 is 1.94 bits per heavy atom. The monoisotopic (exact) mass is 435 g/mol. The van der Waals surface area contributed by atoms with Crippen molar-refractivity contribution in [2.75, 3.05) is 13.1 Å². The van der Waals surface area contributed by atoms with Crippen LogP contribution in [0, 0.1) is 5.92 Å². The van der Waals surface area contributed by atoms with Crippen LogP contribution < -0.4 is 5.56 Å². The molecule has 1 saturated heterocycles. The fourth-order valence-corrected chi connectivity index (χ4v) is 6.13. The second kappa shape index (κ2) is 8.14. The van der Waals surface area contributed by atoms with Gasteiger partial charge in [0.15, 0.2) is 5.65 Å². The second-order valence-electron chi connectivity index (χ2n) is 10.1. The molecule has 3 aliphatic rings. The van der Waals surface area contributed by atoms with Crippen molar-refractivity contribution in [1.29, 1.82) is 0 Å². The first-order valence-electron chi connectivity index (χ1n) is 12.4. The first kappa shape index (κ1) is 20.1. The summed E-state index contributed by atoms with van der Waals surface area (Å²) < 4.78 is 4.23. The van der Waals surface area contributed by atoms with Crippen LogP contribution in [0.3, 0.4) is 0 Å². The van der Waals surface area contributed by atoms with Crippen LogP contribution in [0.25, 0.3) is 11.0 Å². The summed E-state index contributed by atoms with van der Waals surface area (Å²) >= 11 is 0. The molecule has 6 rings (SSSR count). The van der Waals surface area contributed by atoms with Crippen molar-refractivity contribution in [2.24, 2.45) is 5.92 Å². The normalized spacial score (nSPS) is 24.9. The van der Waals surface area contributed by atoms with Crippen molar-refractivity contribution in [3.8, 4) is 0 Å². The van der Waals surface area contributed by atoms with E-state index in [9.17, 15) is 4.79 Å². The molecule has 1 saturated carbocycles. The molecule has 1 N–H and O–H groups in total. The third-order valence-corrected chi connectivity index (χ3v) is 7.90. The molecule has 2 atom stereocenters. The SMILES string of the molecule is C[C@@H]1CN(Cc2cnn3c2CCCCC3)C[C@H]1c1nc2c(cnn2C2CCCC2)c(=O)[nH]1. The quantitative estimate of drug-likeness (QED) is 0.679. The molecular formula is C24H33N7O. The summed E-state index contributed by atoms with van der Waals surface area (Å²) in [6.07, 6.45) is 13.4. The number of nitrogens with zero attached hydrogens (tertiary/aromatic N) is 6. The zero-order chi connectivity index (χ0) is 21.7. The Kier molecular flexibility index (Phi) is 5.12. The molecule has 0 unspecified atom stereocenters. The smallest absolute Gasteiger partial charge is 0.262 e. The fraction of sp³-hybridized carbons (Fsp3) is 0.667. The van der Waals surface area contributed by atoms with Gasteiger partial charge < -0.3 is 4.98 Å². The molecule has 2 fully saturated rings. The van der Waals surface area contributed by atoms with Crippen molar-refractivity contribution in [3.63, 3.8) is 0 Å². The molecule has 0 amide bonds.